The zero-order valence-corrected chi connectivity index (χ0v) is 15.3. The number of quaternary nitrogens is 1. The van der Waals surface area contributed by atoms with E-state index < -0.39 is 6.09 Å². The molecule has 6 heteroatoms. The predicted octanol–water partition coefficient (Wildman–Crippen LogP) is 1.88. The monoisotopic (exact) mass is 396 g/mol. The number of phenolic OH excluding ortho intramolecular Hbond substituents is 1. The van der Waals surface area contributed by atoms with Crippen LogP contribution in [-0.4, -0.2) is 39.4 Å². The Morgan fingerprint density at radius 3 is 2.00 bits per heavy atom. The number of rotatable bonds is 2. The lowest BCUT2D eigenvalue weighted by molar-refractivity contribution is -0.250. The first kappa shape index (κ1) is 21.3. The lowest BCUT2D eigenvalue weighted by atomic mass is 10.0. The van der Waals surface area contributed by atoms with Gasteiger partial charge in [0.1, 0.15) is 6.09 Å². The molecular weight excluding hydrogens is 371 g/mol. The predicted molar refractivity (Wildman–Crippen MR) is 91.6 cm³/mol. The van der Waals surface area contributed by atoms with Crippen molar-refractivity contribution in [1.29, 1.82) is 0 Å². The first-order chi connectivity index (χ1) is 8.59. The van der Waals surface area contributed by atoms with Crippen LogP contribution in [0.15, 0.2) is 18.2 Å². The van der Waals surface area contributed by atoms with Crippen molar-refractivity contribution in [3.05, 3.63) is 23.8 Å². The molecule has 0 unspecified atom stereocenters. The molecule has 116 valence electrons. The maximum Gasteiger partial charge on any atom is 0.177 e. The van der Waals surface area contributed by atoms with Crippen molar-refractivity contribution in [2.75, 3.05) is 28.2 Å². The molecule has 0 bridgehead atoms. The highest BCUT2D eigenvalue weighted by Gasteiger charge is 2.17. The number of halogens is 1. The molecule has 20 heavy (non-hydrogen) atoms. The molecular formula is C14H25IN2O3. The molecule has 0 aliphatic rings. The highest BCUT2D eigenvalue weighted by Crippen LogP contribution is 2.31. The molecule has 0 heterocycles. The largest absolute Gasteiger partial charge is 0.530 e. The molecule has 1 aromatic carbocycles. The number of carbonyl (C=O) groups is 1. The summed E-state index contributed by atoms with van der Waals surface area (Å²) in [7, 11) is 7.42. The van der Waals surface area contributed by atoms with Gasteiger partial charge in [-0.3, -0.25) is 4.48 Å². The second-order valence-corrected chi connectivity index (χ2v) is 5.45. The number of nitrogens with zero attached hydrogens (tertiary/aromatic N) is 1. The Morgan fingerprint density at radius 1 is 1.30 bits per heavy atom. The number of hydrogen-bond acceptors (Lipinski definition) is 3. The van der Waals surface area contributed by atoms with E-state index in [1.807, 2.05) is 38.6 Å². The summed E-state index contributed by atoms with van der Waals surface area (Å²) >= 11 is 0. The van der Waals surface area contributed by atoms with Crippen molar-refractivity contribution in [1.82, 2.24) is 9.80 Å². The van der Waals surface area contributed by atoms with E-state index in [-0.39, 0.29) is 24.0 Å². The third-order valence-electron chi connectivity index (χ3n) is 2.59. The molecule has 0 radical (unpaired) electrons. The van der Waals surface area contributed by atoms with E-state index in [0.29, 0.717) is 16.2 Å². The Morgan fingerprint density at radius 2 is 1.75 bits per heavy atom. The van der Waals surface area contributed by atoms with Crippen LogP contribution in [0.5, 0.6) is 5.75 Å². The molecule has 2 N–H and O–H groups in total. The molecule has 0 aliphatic carbocycles. The van der Waals surface area contributed by atoms with Crippen molar-refractivity contribution in [3.8, 4) is 5.75 Å². The molecule has 0 aliphatic heterocycles. The summed E-state index contributed by atoms with van der Waals surface area (Å²) in [6, 6.07) is 5.96. The van der Waals surface area contributed by atoms with Gasteiger partial charge in [0, 0.05) is 13.1 Å². The molecule has 1 amide bonds. The van der Waals surface area contributed by atoms with Crippen LogP contribution in [0, 0.1) is 0 Å². The van der Waals surface area contributed by atoms with Crippen LogP contribution in [0.1, 0.15) is 25.3 Å². The van der Waals surface area contributed by atoms with Crippen LogP contribution < -0.4 is 14.9 Å². The van der Waals surface area contributed by atoms with Gasteiger partial charge in [-0.15, -0.1) is 24.0 Å². The van der Waals surface area contributed by atoms with Gasteiger partial charge in [0.25, 0.3) is 0 Å². The number of aromatic hydroxyl groups is 1. The van der Waals surface area contributed by atoms with E-state index in [1.54, 1.807) is 0 Å². The Labute approximate surface area is 138 Å². The topological polar surface area (TPSA) is 72.4 Å². The Balaban J connectivity index is 0. The zero-order valence-electron chi connectivity index (χ0n) is 12.9. The summed E-state index contributed by atoms with van der Waals surface area (Å²) in [6.07, 6.45) is -1.25. The average Bonchev–Trinajstić information content (AvgIpc) is 2.27. The lowest BCUT2D eigenvalue weighted by Gasteiger charge is -2.24. The summed E-state index contributed by atoms with van der Waals surface area (Å²) < 4.78 is 0.643. The summed E-state index contributed by atoms with van der Waals surface area (Å²) in [5.74, 6) is 0.853. The van der Waals surface area contributed by atoms with E-state index in [0.717, 1.165) is 5.69 Å². The normalized spacial score (nSPS) is 10.2. The second-order valence-electron chi connectivity index (χ2n) is 5.45. The van der Waals surface area contributed by atoms with Gasteiger partial charge in [0.15, 0.2) is 11.4 Å². The lowest BCUT2D eigenvalue weighted by Crippen LogP contribution is -2.34. The smallest absolute Gasteiger partial charge is 0.177 e. The Bertz CT molecular complexity index is 429. The van der Waals surface area contributed by atoms with Crippen molar-refractivity contribution in [3.63, 3.8) is 0 Å². The van der Waals surface area contributed by atoms with Gasteiger partial charge < -0.3 is 20.3 Å². The fraction of sp³-hybridized carbons (Fsp3) is 0.500. The zero-order chi connectivity index (χ0) is 15.2. The Kier molecular flexibility index (Phi) is 9.59. The molecule has 0 atom stereocenters. The standard InChI is InChI=1S/C12H19NO.C2H5NO2.HI/c1-9(2)10-6-7-11(12(14)8-10)13(3,4)5;1-3-2(4)5;/h6-9H,1-5H3;3H,1H3,(H,4,5);1H. The molecule has 0 spiro atoms. The summed E-state index contributed by atoms with van der Waals surface area (Å²) in [5.41, 5.74) is 2.13. The highest BCUT2D eigenvalue weighted by atomic mass is 127. The number of benzene rings is 1. The first-order valence-corrected chi connectivity index (χ1v) is 6.13. The van der Waals surface area contributed by atoms with Crippen LogP contribution in [0.3, 0.4) is 0 Å². The number of amides is 1. The minimum absolute atomic E-state index is 0. The Hall–Kier alpha value is -1.02. The molecule has 5 nitrogen and oxygen atoms in total. The van der Waals surface area contributed by atoms with Crippen molar-refractivity contribution >= 4 is 35.8 Å². The second kappa shape index (κ2) is 9.02. The van der Waals surface area contributed by atoms with Gasteiger partial charge in [-0.2, -0.15) is 0 Å². The first-order valence-electron chi connectivity index (χ1n) is 6.13. The van der Waals surface area contributed by atoms with Crippen LogP contribution in [0.2, 0.25) is 0 Å². The number of hydrogen-bond donors (Lipinski definition) is 2. The quantitative estimate of drug-likeness (QED) is 0.593. The van der Waals surface area contributed by atoms with Crippen LogP contribution in [0.25, 0.3) is 0 Å². The van der Waals surface area contributed by atoms with Crippen molar-refractivity contribution in [2.24, 2.45) is 0 Å². The van der Waals surface area contributed by atoms with Gasteiger partial charge in [-0.25, -0.2) is 0 Å². The molecule has 0 saturated carbocycles. The van der Waals surface area contributed by atoms with Crippen LogP contribution >= 0.6 is 24.0 Å². The van der Waals surface area contributed by atoms with Crippen molar-refractivity contribution < 1.29 is 15.0 Å². The number of carboxylic acid groups (broad SMARTS) is 1. The maximum atomic E-state index is 9.86. The molecule has 0 saturated heterocycles. The third kappa shape index (κ3) is 7.54. The van der Waals surface area contributed by atoms with Crippen molar-refractivity contribution in [2.45, 2.75) is 19.8 Å². The third-order valence-corrected chi connectivity index (χ3v) is 2.59. The molecule has 1 rings (SSSR count). The minimum atomic E-state index is -1.25. The van der Waals surface area contributed by atoms with Crippen LogP contribution in [0.4, 0.5) is 10.5 Å². The molecule has 0 aromatic heterocycles. The summed E-state index contributed by atoms with van der Waals surface area (Å²) in [6.45, 7) is 4.25. The van der Waals surface area contributed by atoms with Crippen LogP contribution in [-0.2, 0) is 0 Å². The van der Waals surface area contributed by atoms with E-state index in [2.05, 4.69) is 19.9 Å². The van der Waals surface area contributed by atoms with E-state index in [4.69, 9.17) is 9.90 Å². The number of phenols is 1. The van der Waals surface area contributed by atoms with E-state index in [9.17, 15) is 5.11 Å². The number of carbonyl (C=O) groups excluding carboxylic acids is 1. The van der Waals surface area contributed by atoms with Gasteiger partial charge in [0.05, 0.1) is 21.1 Å². The fourth-order valence-corrected chi connectivity index (χ4v) is 1.47. The van der Waals surface area contributed by atoms with Gasteiger partial charge >= 0.3 is 0 Å². The average molecular weight is 396 g/mol. The number of nitrogens with one attached hydrogen (secondary N) is 1. The molecule has 1 aromatic rings. The minimum Gasteiger partial charge on any atom is -0.530 e. The van der Waals surface area contributed by atoms with Gasteiger partial charge in [0.2, 0.25) is 0 Å². The fourth-order valence-electron chi connectivity index (χ4n) is 1.47. The summed E-state index contributed by atoms with van der Waals surface area (Å²) in [4.78, 5) is 9.15. The molecule has 0 fully saturated rings. The van der Waals surface area contributed by atoms with E-state index in [1.165, 1.54) is 12.6 Å². The van der Waals surface area contributed by atoms with Gasteiger partial charge in [-0.1, -0.05) is 19.9 Å². The summed E-state index contributed by atoms with van der Waals surface area (Å²) in [5, 5.41) is 20.8. The van der Waals surface area contributed by atoms with Gasteiger partial charge in [-0.05, 0) is 17.5 Å². The van der Waals surface area contributed by atoms with E-state index >= 15 is 0 Å². The SMILES string of the molecule is CC(C)c1ccc([N+](C)(C)C)c(O)c1.CNC(=O)[O-].I. The highest BCUT2D eigenvalue weighted by molar-refractivity contribution is 14.0. The maximum absolute atomic E-state index is 9.86.